The van der Waals surface area contributed by atoms with Crippen LogP contribution in [-0.2, 0) is 33.6 Å². The molecule has 3 aromatic rings. The van der Waals surface area contributed by atoms with Crippen LogP contribution in [0, 0.1) is 5.82 Å². The third-order valence-electron chi connectivity index (χ3n) is 4.03. The van der Waals surface area contributed by atoms with Crippen LogP contribution in [0.25, 0.3) is 0 Å². The van der Waals surface area contributed by atoms with Gasteiger partial charge in [0.05, 0.1) is 0 Å². The summed E-state index contributed by atoms with van der Waals surface area (Å²) in [7, 11) is 0. The number of rotatable bonds is 6. The van der Waals surface area contributed by atoms with E-state index in [1.807, 2.05) is 42.5 Å². The summed E-state index contributed by atoms with van der Waals surface area (Å²) >= 11 is 5.66. The van der Waals surface area contributed by atoms with Crippen LogP contribution < -0.4 is 0 Å². The SMILES string of the molecule is CC(=O)Cc1ccc(Cl)cc1.CC(=O)Cc1ccc(F)cc1.CC(=O)Cc1ccccc1. The second-order valence-corrected chi connectivity index (χ2v) is 7.81. The molecule has 0 spiro atoms. The van der Waals surface area contributed by atoms with E-state index in [2.05, 4.69) is 0 Å². The van der Waals surface area contributed by atoms with Crippen LogP contribution in [0.5, 0.6) is 0 Å². The Hall–Kier alpha value is -3.11. The second kappa shape index (κ2) is 14.8. The average molecular weight is 455 g/mol. The van der Waals surface area contributed by atoms with Crippen molar-refractivity contribution in [1.82, 2.24) is 0 Å². The van der Waals surface area contributed by atoms with Gasteiger partial charge in [-0.05, 0) is 61.7 Å². The molecule has 168 valence electrons. The van der Waals surface area contributed by atoms with Gasteiger partial charge in [-0.2, -0.15) is 0 Å². The molecule has 0 bridgehead atoms. The van der Waals surface area contributed by atoms with Crippen molar-refractivity contribution in [2.45, 2.75) is 40.0 Å². The largest absolute Gasteiger partial charge is 0.300 e. The first-order chi connectivity index (χ1) is 15.2. The summed E-state index contributed by atoms with van der Waals surface area (Å²) in [5.74, 6) is 0.215. The normalized spacial score (nSPS) is 9.53. The van der Waals surface area contributed by atoms with Gasteiger partial charge in [0.1, 0.15) is 23.2 Å². The monoisotopic (exact) mass is 454 g/mol. The number of ketones is 3. The number of halogens is 2. The molecule has 0 aliphatic rings. The van der Waals surface area contributed by atoms with Crippen molar-refractivity contribution in [2.75, 3.05) is 0 Å². The highest BCUT2D eigenvalue weighted by Crippen LogP contribution is 2.09. The Labute approximate surface area is 194 Å². The predicted molar refractivity (Wildman–Crippen MR) is 127 cm³/mol. The maximum atomic E-state index is 12.3. The maximum Gasteiger partial charge on any atom is 0.134 e. The molecule has 0 radical (unpaired) electrons. The molecule has 0 amide bonds. The third kappa shape index (κ3) is 13.2. The summed E-state index contributed by atoms with van der Waals surface area (Å²) < 4.78 is 12.3. The molecule has 3 aromatic carbocycles. The Kier molecular flexibility index (Phi) is 12.5. The molecule has 0 saturated heterocycles. The number of carbonyl (C=O) groups excluding carboxylic acids is 3. The van der Waals surface area contributed by atoms with E-state index < -0.39 is 0 Å². The highest BCUT2D eigenvalue weighted by Gasteiger charge is 1.97. The molecule has 0 unspecified atom stereocenters. The zero-order valence-corrected chi connectivity index (χ0v) is 19.4. The number of hydrogen-bond donors (Lipinski definition) is 0. The fourth-order valence-corrected chi connectivity index (χ4v) is 2.79. The lowest BCUT2D eigenvalue weighted by molar-refractivity contribution is -0.117. The van der Waals surface area contributed by atoms with E-state index in [1.54, 1.807) is 38.1 Å². The fourth-order valence-electron chi connectivity index (χ4n) is 2.66. The van der Waals surface area contributed by atoms with E-state index in [0.717, 1.165) is 16.7 Å². The lowest BCUT2D eigenvalue weighted by atomic mass is 10.1. The molecular formula is C27H28ClFO3. The first-order valence-corrected chi connectivity index (χ1v) is 10.5. The minimum atomic E-state index is -0.266. The van der Waals surface area contributed by atoms with Gasteiger partial charge in [0.15, 0.2) is 0 Å². The van der Waals surface area contributed by atoms with Crippen molar-refractivity contribution >= 4 is 29.0 Å². The Morgan fingerprint density at radius 3 is 1.31 bits per heavy atom. The Morgan fingerprint density at radius 1 is 0.594 bits per heavy atom. The van der Waals surface area contributed by atoms with E-state index in [1.165, 1.54) is 19.1 Å². The molecular weight excluding hydrogens is 427 g/mol. The zero-order valence-electron chi connectivity index (χ0n) is 18.6. The lowest BCUT2D eigenvalue weighted by Crippen LogP contribution is -1.95. The van der Waals surface area contributed by atoms with Crippen LogP contribution in [0.4, 0.5) is 4.39 Å². The van der Waals surface area contributed by atoms with E-state index in [0.29, 0.717) is 24.3 Å². The van der Waals surface area contributed by atoms with Gasteiger partial charge in [-0.25, -0.2) is 4.39 Å². The second-order valence-electron chi connectivity index (χ2n) is 7.37. The predicted octanol–water partition coefficient (Wildman–Crippen LogP) is 6.25. The molecule has 0 N–H and O–H groups in total. The Morgan fingerprint density at radius 2 is 0.938 bits per heavy atom. The van der Waals surface area contributed by atoms with Crippen molar-refractivity contribution in [2.24, 2.45) is 0 Å². The van der Waals surface area contributed by atoms with Gasteiger partial charge in [0.25, 0.3) is 0 Å². The van der Waals surface area contributed by atoms with Crippen LogP contribution in [0.15, 0.2) is 78.9 Å². The standard InChI is InChI=1S/C9H9ClO.C9H9FO.C9H10O/c2*1-7(11)6-8-2-4-9(10)5-3-8;1-8(10)7-9-5-3-2-4-6-9/h2*2-5H,6H2,1H3;2-6H,7H2,1H3. The molecule has 0 aromatic heterocycles. The number of hydrogen-bond acceptors (Lipinski definition) is 3. The van der Waals surface area contributed by atoms with Crippen LogP contribution >= 0.6 is 11.6 Å². The molecule has 0 saturated carbocycles. The summed E-state index contributed by atoms with van der Waals surface area (Å²) in [6.45, 7) is 4.70. The molecule has 3 rings (SSSR count). The zero-order chi connectivity index (χ0) is 23.9. The van der Waals surface area contributed by atoms with E-state index in [-0.39, 0.29) is 23.2 Å². The molecule has 0 fully saturated rings. The summed E-state index contributed by atoms with van der Waals surface area (Å²) in [5.41, 5.74) is 2.97. The molecule has 32 heavy (non-hydrogen) atoms. The van der Waals surface area contributed by atoms with Crippen molar-refractivity contribution in [1.29, 1.82) is 0 Å². The minimum absolute atomic E-state index is 0.0941. The molecule has 0 aliphatic heterocycles. The maximum absolute atomic E-state index is 12.3. The first-order valence-electron chi connectivity index (χ1n) is 10.2. The number of Topliss-reactive ketones (excluding diaryl/α,β-unsaturated/α-hetero) is 3. The van der Waals surface area contributed by atoms with Crippen LogP contribution in [0.1, 0.15) is 37.5 Å². The van der Waals surface area contributed by atoms with E-state index >= 15 is 0 Å². The topological polar surface area (TPSA) is 51.2 Å². The van der Waals surface area contributed by atoms with Gasteiger partial charge in [-0.3, -0.25) is 14.4 Å². The summed E-state index contributed by atoms with van der Waals surface area (Å²) in [6.07, 6.45) is 1.44. The van der Waals surface area contributed by atoms with Crippen LogP contribution in [0.3, 0.4) is 0 Å². The third-order valence-corrected chi connectivity index (χ3v) is 4.28. The fraction of sp³-hybridized carbons (Fsp3) is 0.222. The molecule has 5 heteroatoms. The van der Waals surface area contributed by atoms with Gasteiger partial charge in [0.2, 0.25) is 0 Å². The van der Waals surface area contributed by atoms with Gasteiger partial charge in [-0.15, -0.1) is 0 Å². The minimum Gasteiger partial charge on any atom is -0.300 e. The van der Waals surface area contributed by atoms with Crippen molar-refractivity contribution in [3.8, 4) is 0 Å². The first kappa shape index (κ1) is 26.9. The van der Waals surface area contributed by atoms with Crippen molar-refractivity contribution in [3.63, 3.8) is 0 Å². The summed E-state index contributed by atoms with van der Waals surface area (Å²) in [5, 5.41) is 0.706. The molecule has 0 aliphatic carbocycles. The Bertz CT molecular complexity index is 924. The van der Waals surface area contributed by atoms with E-state index in [4.69, 9.17) is 11.6 Å². The molecule has 0 atom stereocenters. The van der Waals surface area contributed by atoms with Gasteiger partial charge >= 0.3 is 0 Å². The van der Waals surface area contributed by atoms with Crippen LogP contribution in [-0.4, -0.2) is 17.3 Å². The van der Waals surface area contributed by atoms with E-state index in [9.17, 15) is 18.8 Å². The molecule has 3 nitrogen and oxygen atoms in total. The van der Waals surface area contributed by atoms with Gasteiger partial charge in [0, 0.05) is 24.3 Å². The smallest absolute Gasteiger partial charge is 0.134 e. The number of carbonyl (C=O) groups is 3. The Balaban J connectivity index is 0.000000240. The van der Waals surface area contributed by atoms with Gasteiger partial charge < -0.3 is 0 Å². The highest BCUT2D eigenvalue weighted by atomic mass is 35.5. The summed E-state index contributed by atoms with van der Waals surface area (Å²) in [6, 6.07) is 23.0. The average Bonchev–Trinajstić information content (AvgIpc) is 2.72. The summed E-state index contributed by atoms with van der Waals surface area (Å²) in [4.78, 5) is 31.9. The molecule has 0 heterocycles. The lowest BCUT2D eigenvalue weighted by Gasteiger charge is -1.95. The highest BCUT2D eigenvalue weighted by molar-refractivity contribution is 6.30. The van der Waals surface area contributed by atoms with Gasteiger partial charge in [-0.1, -0.05) is 66.2 Å². The van der Waals surface area contributed by atoms with Crippen molar-refractivity contribution in [3.05, 3.63) is 106 Å². The quantitative estimate of drug-likeness (QED) is 0.442. The van der Waals surface area contributed by atoms with Crippen LogP contribution in [0.2, 0.25) is 5.02 Å². The number of benzene rings is 3. The van der Waals surface area contributed by atoms with Crippen molar-refractivity contribution < 1.29 is 18.8 Å².